The van der Waals surface area contributed by atoms with Gasteiger partial charge in [-0.3, -0.25) is 9.78 Å². The van der Waals surface area contributed by atoms with Crippen LogP contribution in [-0.4, -0.2) is 15.9 Å². The van der Waals surface area contributed by atoms with Gasteiger partial charge in [0.15, 0.2) is 0 Å². The van der Waals surface area contributed by atoms with E-state index >= 15 is 0 Å². The molecule has 2 aromatic rings. The number of nitrogens with one attached hydrogen (secondary N) is 1. The van der Waals surface area contributed by atoms with Crippen LogP contribution in [0.4, 0.5) is 11.4 Å². The SMILES string of the molecule is Cc1ncc(N)cc1C(=O)Nc1cnc(Cl)c(Br)c1. The van der Waals surface area contributed by atoms with Gasteiger partial charge in [-0.15, -0.1) is 0 Å². The van der Waals surface area contributed by atoms with Crippen molar-refractivity contribution in [1.82, 2.24) is 9.97 Å². The summed E-state index contributed by atoms with van der Waals surface area (Å²) < 4.78 is 0.606. The Morgan fingerprint density at radius 3 is 2.79 bits per heavy atom. The van der Waals surface area contributed by atoms with Gasteiger partial charge < -0.3 is 11.1 Å². The van der Waals surface area contributed by atoms with Crippen LogP contribution >= 0.6 is 27.5 Å². The second kappa shape index (κ2) is 5.54. The van der Waals surface area contributed by atoms with Crippen LogP contribution in [0.2, 0.25) is 5.15 Å². The number of aryl methyl sites for hydroxylation is 1. The molecule has 0 saturated carbocycles. The Kier molecular flexibility index (Phi) is 4.01. The van der Waals surface area contributed by atoms with E-state index < -0.39 is 0 Å². The van der Waals surface area contributed by atoms with E-state index in [1.807, 2.05) is 0 Å². The highest BCUT2D eigenvalue weighted by Gasteiger charge is 2.11. The number of nitrogen functional groups attached to an aromatic ring is 1. The predicted molar refractivity (Wildman–Crippen MR) is 78.3 cm³/mol. The molecule has 0 aliphatic rings. The number of amides is 1. The number of pyridine rings is 2. The van der Waals surface area contributed by atoms with E-state index in [0.29, 0.717) is 32.3 Å². The first kappa shape index (κ1) is 13.8. The second-order valence-corrected chi connectivity index (χ2v) is 5.06. The van der Waals surface area contributed by atoms with Gasteiger partial charge in [-0.25, -0.2) is 4.98 Å². The fourth-order valence-corrected chi connectivity index (χ4v) is 1.92. The highest BCUT2D eigenvalue weighted by atomic mass is 79.9. The molecule has 2 aromatic heterocycles. The molecule has 98 valence electrons. The van der Waals surface area contributed by atoms with Crippen LogP contribution in [0.3, 0.4) is 0 Å². The monoisotopic (exact) mass is 340 g/mol. The zero-order chi connectivity index (χ0) is 14.0. The number of halogens is 2. The molecule has 0 fully saturated rings. The molecule has 1 amide bonds. The molecule has 0 spiro atoms. The minimum Gasteiger partial charge on any atom is -0.397 e. The number of carbonyl (C=O) groups excluding carboxylic acids is 1. The maximum atomic E-state index is 12.1. The Morgan fingerprint density at radius 1 is 1.37 bits per heavy atom. The summed E-state index contributed by atoms with van der Waals surface area (Å²) in [4.78, 5) is 20.1. The predicted octanol–water partition coefficient (Wildman–Crippen LogP) is 3.04. The fourth-order valence-electron chi connectivity index (χ4n) is 1.47. The smallest absolute Gasteiger partial charge is 0.257 e. The summed E-state index contributed by atoms with van der Waals surface area (Å²) in [5.74, 6) is -0.298. The average Bonchev–Trinajstić information content (AvgIpc) is 2.36. The first-order valence-corrected chi connectivity index (χ1v) is 6.49. The highest BCUT2D eigenvalue weighted by Crippen LogP contribution is 2.23. The van der Waals surface area contributed by atoms with Crippen molar-refractivity contribution in [1.29, 1.82) is 0 Å². The molecule has 0 unspecified atom stereocenters. The molecule has 2 heterocycles. The van der Waals surface area contributed by atoms with Gasteiger partial charge in [0.1, 0.15) is 5.15 Å². The Labute approximate surface area is 123 Å². The van der Waals surface area contributed by atoms with Gasteiger partial charge in [-0.2, -0.15) is 0 Å². The van der Waals surface area contributed by atoms with Crippen molar-refractivity contribution >= 4 is 44.8 Å². The summed E-state index contributed by atoms with van der Waals surface area (Å²) in [5.41, 5.74) is 7.62. The Bertz CT molecular complexity index is 648. The van der Waals surface area contributed by atoms with Crippen molar-refractivity contribution in [3.8, 4) is 0 Å². The Balaban J connectivity index is 2.25. The van der Waals surface area contributed by atoms with E-state index in [1.165, 1.54) is 12.4 Å². The van der Waals surface area contributed by atoms with Gasteiger partial charge in [-0.05, 0) is 35.0 Å². The summed E-state index contributed by atoms with van der Waals surface area (Å²) in [7, 11) is 0. The number of nitrogens with zero attached hydrogens (tertiary/aromatic N) is 2. The molecule has 0 aliphatic carbocycles. The van der Waals surface area contributed by atoms with E-state index in [0.717, 1.165) is 0 Å². The van der Waals surface area contributed by atoms with E-state index in [-0.39, 0.29) is 5.91 Å². The van der Waals surface area contributed by atoms with E-state index in [9.17, 15) is 4.79 Å². The molecule has 7 heteroatoms. The summed E-state index contributed by atoms with van der Waals surface area (Å²) in [5, 5.41) is 3.04. The standard InChI is InChI=1S/C12H10BrClN4O/c1-6-9(2-7(15)4-16-6)12(19)18-8-3-10(13)11(14)17-5-8/h2-5H,15H2,1H3,(H,18,19). The first-order chi connectivity index (χ1) is 8.97. The van der Waals surface area contributed by atoms with Gasteiger partial charge in [0.05, 0.1) is 39.5 Å². The third-order valence-electron chi connectivity index (χ3n) is 2.41. The number of aromatic nitrogens is 2. The minimum absolute atomic E-state index is 0.298. The number of nitrogens with two attached hydrogens (primary N) is 1. The van der Waals surface area contributed by atoms with Crippen molar-refractivity contribution in [3.63, 3.8) is 0 Å². The lowest BCUT2D eigenvalue weighted by Crippen LogP contribution is -2.14. The van der Waals surface area contributed by atoms with E-state index in [2.05, 4.69) is 31.2 Å². The zero-order valence-corrected chi connectivity index (χ0v) is 12.3. The molecule has 5 nitrogen and oxygen atoms in total. The average molecular weight is 342 g/mol. The number of hydrogen-bond donors (Lipinski definition) is 2. The lowest BCUT2D eigenvalue weighted by atomic mass is 10.2. The van der Waals surface area contributed by atoms with Crippen LogP contribution in [0.5, 0.6) is 0 Å². The van der Waals surface area contributed by atoms with Gasteiger partial charge in [-0.1, -0.05) is 11.6 Å². The molecule has 0 aromatic carbocycles. The third-order valence-corrected chi connectivity index (χ3v) is 3.54. The number of anilines is 2. The van der Waals surface area contributed by atoms with Gasteiger partial charge in [0.25, 0.3) is 5.91 Å². The lowest BCUT2D eigenvalue weighted by molar-refractivity contribution is 0.102. The third kappa shape index (κ3) is 3.21. The first-order valence-electron chi connectivity index (χ1n) is 5.32. The van der Waals surface area contributed by atoms with Crippen molar-refractivity contribution in [2.45, 2.75) is 6.92 Å². The van der Waals surface area contributed by atoms with Crippen molar-refractivity contribution in [2.24, 2.45) is 0 Å². The molecule has 0 aliphatic heterocycles. The summed E-state index contributed by atoms with van der Waals surface area (Å²) in [6.07, 6.45) is 2.98. The molecule has 3 N–H and O–H groups in total. The van der Waals surface area contributed by atoms with Crippen molar-refractivity contribution in [2.75, 3.05) is 11.1 Å². The topological polar surface area (TPSA) is 80.9 Å². The van der Waals surface area contributed by atoms with Crippen molar-refractivity contribution < 1.29 is 4.79 Å². The molecular weight excluding hydrogens is 332 g/mol. The molecule has 2 rings (SSSR count). The van der Waals surface area contributed by atoms with Crippen LogP contribution < -0.4 is 11.1 Å². The quantitative estimate of drug-likeness (QED) is 0.823. The summed E-state index contributed by atoms with van der Waals surface area (Å²) in [6.45, 7) is 1.74. The number of rotatable bonds is 2. The normalized spacial score (nSPS) is 10.3. The van der Waals surface area contributed by atoms with Crippen LogP contribution in [0.25, 0.3) is 0 Å². The molecule has 19 heavy (non-hydrogen) atoms. The van der Waals surface area contributed by atoms with Gasteiger partial charge >= 0.3 is 0 Å². The number of carbonyl (C=O) groups is 1. The maximum Gasteiger partial charge on any atom is 0.257 e. The van der Waals surface area contributed by atoms with Crippen LogP contribution in [-0.2, 0) is 0 Å². The summed E-state index contributed by atoms with van der Waals surface area (Å²) >= 11 is 9.02. The molecule has 0 radical (unpaired) electrons. The molecule has 0 atom stereocenters. The molecule has 0 saturated heterocycles. The van der Waals surface area contributed by atoms with Crippen LogP contribution in [0.15, 0.2) is 29.0 Å². The summed E-state index contributed by atoms with van der Waals surface area (Å²) in [6, 6.07) is 3.25. The lowest BCUT2D eigenvalue weighted by Gasteiger charge is -2.08. The largest absolute Gasteiger partial charge is 0.397 e. The van der Waals surface area contributed by atoms with Gasteiger partial charge in [0, 0.05) is 0 Å². The zero-order valence-electron chi connectivity index (χ0n) is 9.95. The van der Waals surface area contributed by atoms with Crippen molar-refractivity contribution in [3.05, 3.63) is 45.4 Å². The van der Waals surface area contributed by atoms with E-state index in [4.69, 9.17) is 17.3 Å². The molecule has 0 bridgehead atoms. The van der Waals surface area contributed by atoms with Gasteiger partial charge in [0.2, 0.25) is 0 Å². The van der Waals surface area contributed by atoms with E-state index in [1.54, 1.807) is 19.1 Å². The van der Waals surface area contributed by atoms with Crippen LogP contribution in [0, 0.1) is 6.92 Å². The highest BCUT2D eigenvalue weighted by molar-refractivity contribution is 9.10. The molecular formula is C12H10BrClN4O. The Hall–Kier alpha value is -1.66. The second-order valence-electron chi connectivity index (χ2n) is 3.85. The Morgan fingerprint density at radius 2 is 2.11 bits per heavy atom. The number of hydrogen-bond acceptors (Lipinski definition) is 4. The minimum atomic E-state index is -0.298. The maximum absolute atomic E-state index is 12.1. The fraction of sp³-hybridized carbons (Fsp3) is 0.0833. The van der Waals surface area contributed by atoms with Crippen LogP contribution in [0.1, 0.15) is 16.1 Å².